The lowest BCUT2D eigenvalue weighted by atomic mass is 10.2. The number of morpholine rings is 1. The zero-order valence-electron chi connectivity index (χ0n) is 13.8. The zero-order valence-corrected chi connectivity index (χ0v) is 16.1. The number of carbonyl (C=O) groups is 1. The molecule has 0 spiro atoms. The van der Waals surface area contributed by atoms with Gasteiger partial charge in [0.1, 0.15) is 5.60 Å². The van der Waals surface area contributed by atoms with Crippen molar-refractivity contribution in [1.29, 1.82) is 0 Å². The first-order valence-corrected chi connectivity index (χ1v) is 7.48. The molecule has 0 saturated carbocycles. The van der Waals surface area contributed by atoms with E-state index in [1.54, 1.807) is 0 Å². The normalized spacial score (nSPS) is 16.0. The molecule has 1 saturated heterocycles. The van der Waals surface area contributed by atoms with Crippen molar-refractivity contribution >= 4 is 36.0 Å². The number of amides is 1. The van der Waals surface area contributed by atoms with Gasteiger partial charge < -0.3 is 25.4 Å². The summed E-state index contributed by atoms with van der Waals surface area (Å²) in [5, 5.41) is 2.72. The van der Waals surface area contributed by atoms with Crippen LogP contribution in [0.2, 0.25) is 0 Å². The molecule has 1 aliphatic heterocycles. The van der Waals surface area contributed by atoms with E-state index < -0.39 is 5.60 Å². The molecule has 7 nitrogen and oxygen atoms in total. The summed E-state index contributed by atoms with van der Waals surface area (Å²) in [7, 11) is 0. The minimum atomic E-state index is -0.457. The van der Waals surface area contributed by atoms with E-state index in [2.05, 4.69) is 10.3 Å². The van der Waals surface area contributed by atoms with Gasteiger partial charge in [-0.05, 0) is 33.6 Å². The van der Waals surface area contributed by atoms with E-state index in [1.165, 1.54) is 0 Å². The maximum atomic E-state index is 11.4. The molecule has 22 heavy (non-hydrogen) atoms. The van der Waals surface area contributed by atoms with Crippen molar-refractivity contribution in [2.24, 2.45) is 10.7 Å². The molecule has 0 aromatic rings. The Labute approximate surface area is 150 Å². The third-order valence-corrected chi connectivity index (χ3v) is 2.86. The van der Waals surface area contributed by atoms with Crippen LogP contribution in [-0.2, 0) is 9.47 Å². The van der Waals surface area contributed by atoms with E-state index >= 15 is 0 Å². The molecule has 3 N–H and O–H groups in total. The fourth-order valence-electron chi connectivity index (χ4n) is 1.83. The fourth-order valence-corrected chi connectivity index (χ4v) is 1.83. The molecule has 0 unspecified atom stereocenters. The number of guanidine groups is 1. The second-order valence-electron chi connectivity index (χ2n) is 5.98. The van der Waals surface area contributed by atoms with Crippen LogP contribution in [0.25, 0.3) is 0 Å². The number of unbranched alkanes of at least 4 members (excludes halogenated alkanes) is 1. The number of ether oxygens (including phenoxy) is 2. The van der Waals surface area contributed by atoms with Crippen LogP contribution in [-0.4, -0.2) is 61.9 Å². The van der Waals surface area contributed by atoms with Crippen molar-refractivity contribution < 1.29 is 14.3 Å². The molecule has 1 heterocycles. The molecule has 0 aliphatic carbocycles. The Bertz CT molecular complexity index is 352. The van der Waals surface area contributed by atoms with Gasteiger partial charge in [-0.2, -0.15) is 0 Å². The molecular formula is C14H29IN4O3. The zero-order chi connectivity index (χ0) is 15.7. The van der Waals surface area contributed by atoms with Gasteiger partial charge in [0.15, 0.2) is 5.96 Å². The van der Waals surface area contributed by atoms with Crippen molar-refractivity contribution in [1.82, 2.24) is 10.2 Å². The highest BCUT2D eigenvalue weighted by Gasteiger charge is 2.15. The van der Waals surface area contributed by atoms with Crippen LogP contribution in [0.15, 0.2) is 4.99 Å². The first-order valence-electron chi connectivity index (χ1n) is 7.48. The van der Waals surface area contributed by atoms with Gasteiger partial charge in [0, 0.05) is 26.2 Å². The van der Waals surface area contributed by atoms with E-state index in [0.29, 0.717) is 32.3 Å². The van der Waals surface area contributed by atoms with Crippen LogP contribution in [0.4, 0.5) is 4.79 Å². The summed E-state index contributed by atoms with van der Waals surface area (Å²) in [5.74, 6) is 0.582. The highest BCUT2D eigenvalue weighted by atomic mass is 127. The third-order valence-electron chi connectivity index (χ3n) is 2.86. The molecule has 0 aromatic heterocycles. The van der Waals surface area contributed by atoms with Gasteiger partial charge in [0.25, 0.3) is 0 Å². The van der Waals surface area contributed by atoms with Crippen LogP contribution >= 0.6 is 24.0 Å². The van der Waals surface area contributed by atoms with E-state index in [9.17, 15) is 4.79 Å². The first kappa shape index (κ1) is 21.2. The van der Waals surface area contributed by atoms with E-state index in [1.807, 2.05) is 25.7 Å². The van der Waals surface area contributed by atoms with E-state index in [-0.39, 0.29) is 30.1 Å². The summed E-state index contributed by atoms with van der Waals surface area (Å²) in [6.07, 6.45) is 1.35. The van der Waals surface area contributed by atoms with Crippen molar-refractivity contribution in [3.8, 4) is 0 Å². The number of alkyl carbamates (subject to hydrolysis) is 1. The summed E-state index contributed by atoms with van der Waals surface area (Å²) in [6.45, 7) is 9.79. The number of hydrogen-bond acceptors (Lipinski definition) is 4. The highest BCUT2D eigenvalue weighted by Crippen LogP contribution is 2.06. The Kier molecular flexibility index (Phi) is 10.5. The average Bonchev–Trinajstić information content (AvgIpc) is 2.41. The third kappa shape index (κ3) is 10.0. The predicted octanol–water partition coefficient (Wildman–Crippen LogP) is 1.56. The van der Waals surface area contributed by atoms with Gasteiger partial charge in [0.2, 0.25) is 0 Å². The molecule has 0 bridgehead atoms. The van der Waals surface area contributed by atoms with Crippen LogP contribution in [0.3, 0.4) is 0 Å². The quantitative estimate of drug-likeness (QED) is 0.300. The van der Waals surface area contributed by atoms with Gasteiger partial charge in [-0.3, -0.25) is 4.99 Å². The first-order chi connectivity index (χ1) is 9.88. The van der Waals surface area contributed by atoms with Crippen LogP contribution in [0.1, 0.15) is 33.6 Å². The Morgan fingerprint density at radius 3 is 2.55 bits per heavy atom. The second kappa shape index (κ2) is 10.9. The monoisotopic (exact) mass is 428 g/mol. The maximum Gasteiger partial charge on any atom is 0.407 e. The number of nitrogens with zero attached hydrogens (tertiary/aromatic N) is 2. The standard InChI is InChI=1S/C14H28N4O3.HI/c1-14(2,3)21-13(19)17-7-5-4-6-16-12(15)18-8-10-20-11-9-18;/h4-11H2,1-3H3,(H2,15,16)(H,17,19);1H. The van der Waals surface area contributed by atoms with Gasteiger partial charge in [-0.15, -0.1) is 24.0 Å². The highest BCUT2D eigenvalue weighted by molar-refractivity contribution is 14.0. The largest absolute Gasteiger partial charge is 0.444 e. The lowest BCUT2D eigenvalue weighted by Crippen LogP contribution is -2.44. The number of carbonyl (C=O) groups excluding carboxylic acids is 1. The Hall–Kier alpha value is -0.770. The molecule has 0 atom stereocenters. The Morgan fingerprint density at radius 1 is 1.32 bits per heavy atom. The van der Waals surface area contributed by atoms with Crippen LogP contribution < -0.4 is 11.1 Å². The van der Waals surface area contributed by atoms with E-state index in [0.717, 1.165) is 25.9 Å². The Balaban J connectivity index is 0.00000441. The lowest BCUT2D eigenvalue weighted by Gasteiger charge is -2.27. The summed E-state index contributed by atoms with van der Waals surface area (Å²) in [5.41, 5.74) is 5.45. The van der Waals surface area contributed by atoms with Crippen LogP contribution in [0, 0.1) is 0 Å². The minimum Gasteiger partial charge on any atom is -0.444 e. The molecular weight excluding hydrogens is 399 g/mol. The molecule has 130 valence electrons. The summed E-state index contributed by atoms with van der Waals surface area (Å²) < 4.78 is 10.4. The van der Waals surface area contributed by atoms with Crippen molar-refractivity contribution in [3.63, 3.8) is 0 Å². The van der Waals surface area contributed by atoms with Crippen molar-refractivity contribution in [3.05, 3.63) is 0 Å². The Morgan fingerprint density at radius 2 is 1.95 bits per heavy atom. The molecule has 1 aliphatic rings. The summed E-state index contributed by atoms with van der Waals surface area (Å²) >= 11 is 0. The average molecular weight is 428 g/mol. The molecule has 0 radical (unpaired) electrons. The molecule has 0 aromatic carbocycles. The number of aliphatic imine (C=N–C) groups is 1. The number of halogens is 1. The smallest absolute Gasteiger partial charge is 0.407 e. The second-order valence-corrected chi connectivity index (χ2v) is 5.98. The van der Waals surface area contributed by atoms with E-state index in [4.69, 9.17) is 15.2 Å². The van der Waals surface area contributed by atoms with Gasteiger partial charge in [-0.25, -0.2) is 4.79 Å². The molecule has 8 heteroatoms. The van der Waals surface area contributed by atoms with Crippen molar-refractivity contribution in [2.75, 3.05) is 39.4 Å². The molecule has 1 amide bonds. The minimum absolute atomic E-state index is 0. The summed E-state index contributed by atoms with van der Waals surface area (Å²) in [6, 6.07) is 0. The molecule has 1 rings (SSSR count). The maximum absolute atomic E-state index is 11.4. The topological polar surface area (TPSA) is 89.2 Å². The number of rotatable bonds is 5. The fraction of sp³-hybridized carbons (Fsp3) is 0.857. The number of nitrogens with two attached hydrogens (primary N) is 1. The van der Waals surface area contributed by atoms with Crippen molar-refractivity contribution in [2.45, 2.75) is 39.2 Å². The predicted molar refractivity (Wildman–Crippen MR) is 97.8 cm³/mol. The SMILES string of the molecule is CC(C)(C)OC(=O)NCCCCN=C(N)N1CCOCC1.I. The van der Waals surface area contributed by atoms with Gasteiger partial charge >= 0.3 is 6.09 Å². The number of hydrogen-bond donors (Lipinski definition) is 2. The van der Waals surface area contributed by atoms with Crippen LogP contribution in [0.5, 0.6) is 0 Å². The lowest BCUT2D eigenvalue weighted by molar-refractivity contribution is 0.0527. The van der Waals surface area contributed by atoms with Gasteiger partial charge in [0.05, 0.1) is 13.2 Å². The molecule has 1 fully saturated rings. The van der Waals surface area contributed by atoms with Gasteiger partial charge in [-0.1, -0.05) is 0 Å². The number of nitrogens with one attached hydrogen (secondary N) is 1. The summed E-state index contributed by atoms with van der Waals surface area (Å²) in [4.78, 5) is 17.8.